The van der Waals surface area contributed by atoms with Gasteiger partial charge in [-0.25, -0.2) is 9.78 Å². The number of H-pyrrole nitrogens is 1. The van der Waals surface area contributed by atoms with E-state index in [0.29, 0.717) is 0 Å². The zero-order chi connectivity index (χ0) is 13.4. The molecule has 1 N–H and O–H groups in total. The highest BCUT2D eigenvalue weighted by atomic mass is 16.2. The molecular weight excluding hydrogens is 238 g/mol. The van der Waals surface area contributed by atoms with Gasteiger partial charge < -0.3 is 9.47 Å². The zero-order valence-corrected chi connectivity index (χ0v) is 10.3. The van der Waals surface area contributed by atoms with E-state index in [1.54, 1.807) is 14.1 Å². The fourth-order valence-corrected chi connectivity index (χ4v) is 1.59. The first-order valence-electron chi connectivity index (χ1n) is 5.26. The molecule has 0 unspecified atom stereocenters. The number of aromatic amines is 1. The van der Waals surface area contributed by atoms with E-state index in [1.807, 2.05) is 0 Å². The molecule has 0 aliphatic heterocycles. The van der Waals surface area contributed by atoms with Crippen molar-refractivity contribution in [1.82, 2.24) is 24.0 Å². The van der Waals surface area contributed by atoms with Gasteiger partial charge in [0.05, 0.1) is 6.33 Å². The van der Waals surface area contributed by atoms with Crippen molar-refractivity contribution in [3.8, 4) is 0 Å². The van der Waals surface area contributed by atoms with Crippen molar-refractivity contribution < 1.29 is 4.79 Å². The lowest BCUT2D eigenvalue weighted by Crippen LogP contribution is -2.31. The van der Waals surface area contributed by atoms with E-state index in [4.69, 9.17) is 0 Å². The third kappa shape index (κ3) is 1.81. The van der Waals surface area contributed by atoms with Gasteiger partial charge in [-0.05, 0) is 0 Å². The highest BCUT2D eigenvalue weighted by Crippen LogP contribution is 2.04. The Kier molecular flexibility index (Phi) is 2.77. The van der Waals surface area contributed by atoms with Crippen LogP contribution in [0.15, 0.2) is 15.9 Å². The summed E-state index contributed by atoms with van der Waals surface area (Å²) < 4.78 is 2.66. The number of fused-ring (bicyclic) bond motifs is 1. The largest absolute Gasteiger partial charge is 0.347 e. The van der Waals surface area contributed by atoms with Crippen molar-refractivity contribution in [2.45, 2.75) is 6.54 Å². The Morgan fingerprint density at radius 3 is 2.72 bits per heavy atom. The maximum atomic E-state index is 11.7. The number of amides is 1. The van der Waals surface area contributed by atoms with E-state index in [2.05, 4.69) is 9.97 Å². The van der Waals surface area contributed by atoms with Crippen LogP contribution in [0.1, 0.15) is 0 Å². The Morgan fingerprint density at radius 1 is 1.44 bits per heavy atom. The molecular formula is C10H13N5O3. The summed E-state index contributed by atoms with van der Waals surface area (Å²) in [6.45, 7) is 0.00475. The van der Waals surface area contributed by atoms with E-state index in [0.717, 1.165) is 0 Å². The van der Waals surface area contributed by atoms with Gasteiger partial charge in [0, 0.05) is 21.1 Å². The van der Waals surface area contributed by atoms with Crippen LogP contribution in [0, 0.1) is 0 Å². The number of rotatable bonds is 2. The second kappa shape index (κ2) is 4.13. The van der Waals surface area contributed by atoms with E-state index in [-0.39, 0.29) is 23.6 Å². The molecule has 2 rings (SSSR count). The molecule has 0 aliphatic rings. The molecule has 8 heteroatoms. The minimum Gasteiger partial charge on any atom is -0.347 e. The molecule has 0 aliphatic carbocycles. The highest BCUT2D eigenvalue weighted by Gasteiger charge is 2.14. The Hall–Kier alpha value is -2.38. The smallest absolute Gasteiger partial charge is 0.329 e. The Balaban J connectivity index is 2.62. The second-order valence-electron chi connectivity index (χ2n) is 4.15. The van der Waals surface area contributed by atoms with Crippen LogP contribution in [0.4, 0.5) is 0 Å². The second-order valence-corrected chi connectivity index (χ2v) is 4.15. The van der Waals surface area contributed by atoms with Crippen molar-refractivity contribution in [2.75, 3.05) is 14.1 Å². The topological polar surface area (TPSA) is 93.0 Å². The van der Waals surface area contributed by atoms with E-state index in [9.17, 15) is 14.4 Å². The van der Waals surface area contributed by atoms with E-state index >= 15 is 0 Å². The maximum Gasteiger partial charge on any atom is 0.329 e. The van der Waals surface area contributed by atoms with Crippen molar-refractivity contribution in [1.29, 1.82) is 0 Å². The molecule has 0 saturated heterocycles. The van der Waals surface area contributed by atoms with E-state index < -0.39 is 11.2 Å². The van der Waals surface area contributed by atoms with Crippen LogP contribution in [0.3, 0.4) is 0 Å². The fourth-order valence-electron chi connectivity index (χ4n) is 1.59. The minimum atomic E-state index is -0.544. The van der Waals surface area contributed by atoms with Gasteiger partial charge in [0.15, 0.2) is 11.2 Å². The summed E-state index contributed by atoms with van der Waals surface area (Å²) in [5.41, 5.74) is -0.601. The summed E-state index contributed by atoms with van der Waals surface area (Å²) in [5, 5.41) is 0. The molecule has 8 nitrogen and oxygen atoms in total. The van der Waals surface area contributed by atoms with Gasteiger partial charge in [-0.3, -0.25) is 19.1 Å². The predicted octanol–water partition coefficient (Wildman–Crippen LogP) is -1.49. The molecule has 0 bridgehead atoms. The maximum absolute atomic E-state index is 11.7. The Bertz CT molecular complexity index is 721. The average Bonchev–Trinajstić information content (AvgIpc) is 2.70. The molecule has 0 radical (unpaired) electrons. The first-order chi connectivity index (χ1) is 8.41. The van der Waals surface area contributed by atoms with Gasteiger partial charge >= 0.3 is 5.69 Å². The monoisotopic (exact) mass is 251 g/mol. The molecule has 0 aromatic carbocycles. The van der Waals surface area contributed by atoms with Gasteiger partial charge in [-0.15, -0.1) is 0 Å². The van der Waals surface area contributed by atoms with Gasteiger partial charge in [0.2, 0.25) is 5.91 Å². The minimum absolute atomic E-state index is 0.00475. The Labute approximate surface area is 101 Å². The summed E-state index contributed by atoms with van der Waals surface area (Å²) in [4.78, 5) is 42.3. The summed E-state index contributed by atoms with van der Waals surface area (Å²) in [5.74, 6) is -0.164. The Morgan fingerprint density at radius 2 is 2.11 bits per heavy atom. The predicted molar refractivity (Wildman–Crippen MR) is 64.3 cm³/mol. The molecule has 0 atom stereocenters. The van der Waals surface area contributed by atoms with Gasteiger partial charge in [-0.1, -0.05) is 0 Å². The molecule has 2 aromatic rings. The SMILES string of the molecule is CN(C)C(=O)Cn1cnc2c1c(=O)[nH]c(=O)n2C. The quantitative estimate of drug-likeness (QED) is 0.703. The molecule has 2 heterocycles. The third-order valence-electron chi connectivity index (χ3n) is 2.68. The number of aromatic nitrogens is 4. The van der Waals surface area contributed by atoms with Gasteiger partial charge in [-0.2, -0.15) is 0 Å². The number of hydrogen-bond donors (Lipinski definition) is 1. The lowest BCUT2D eigenvalue weighted by Gasteiger charge is -2.10. The summed E-state index contributed by atoms with van der Waals surface area (Å²) >= 11 is 0. The standard InChI is InChI=1S/C10H13N5O3/c1-13(2)6(16)4-15-5-11-8-7(15)9(17)12-10(18)14(8)3/h5H,4H2,1-3H3,(H,12,17,18). The normalized spacial score (nSPS) is 10.8. The van der Waals surface area contributed by atoms with Crippen molar-refractivity contribution in [2.24, 2.45) is 7.05 Å². The molecule has 18 heavy (non-hydrogen) atoms. The highest BCUT2D eigenvalue weighted by molar-refractivity contribution is 5.78. The van der Waals surface area contributed by atoms with Crippen LogP contribution >= 0.6 is 0 Å². The number of likely N-dealkylation sites (N-methyl/N-ethyl adjacent to an activating group) is 1. The molecule has 96 valence electrons. The van der Waals surface area contributed by atoms with Crippen LogP contribution in [0.5, 0.6) is 0 Å². The molecule has 1 amide bonds. The summed E-state index contributed by atoms with van der Waals surface area (Å²) in [6, 6.07) is 0. The number of carbonyl (C=O) groups excluding carboxylic acids is 1. The number of imidazole rings is 1. The average molecular weight is 251 g/mol. The molecule has 0 saturated carbocycles. The first-order valence-corrected chi connectivity index (χ1v) is 5.26. The van der Waals surface area contributed by atoms with Crippen LogP contribution in [-0.4, -0.2) is 44.0 Å². The molecule has 0 spiro atoms. The number of nitrogens with one attached hydrogen (secondary N) is 1. The molecule has 0 fully saturated rings. The van der Waals surface area contributed by atoms with Crippen molar-refractivity contribution in [3.63, 3.8) is 0 Å². The lowest BCUT2D eigenvalue weighted by molar-refractivity contribution is -0.129. The van der Waals surface area contributed by atoms with Crippen molar-refractivity contribution in [3.05, 3.63) is 27.2 Å². The van der Waals surface area contributed by atoms with Crippen LogP contribution < -0.4 is 11.2 Å². The molecule has 2 aromatic heterocycles. The summed E-state index contributed by atoms with van der Waals surface area (Å²) in [6.07, 6.45) is 1.38. The van der Waals surface area contributed by atoms with Crippen LogP contribution in [-0.2, 0) is 18.4 Å². The van der Waals surface area contributed by atoms with Gasteiger partial charge in [0.1, 0.15) is 6.54 Å². The number of nitrogens with zero attached hydrogens (tertiary/aromatic N) is 4. The third-order valence-corrected chi connectivity index (χ3v) is 2.68. The number of aryl methyl sites for hydroxylation is 1. The fraction of sp³-hybridized carbons (Fsp3) is 0.400. The number of hydrogen-bond acceptors (Lipinski definition) is 4. The van der Waals surface area contributed by atoms with Gasteiger partial charge in [0.25, 0.3) is 5.56 Å². The lowest BCUT2D eigenvalue weighted by atomic mass is 10.4. The first kappa shape index (κ1) is 12.1. The number of carbonyl (C=O) groups is 1. The van der Waals surface area contributed by atoms with Crippen molar-refractivity contribution >= 4 is 17.1 Å². The summed E-state index contributed by atoms with van der Waals surface area (Å²) in [7, 11) is 4.76. The van der Waals surface area contributed by atoms with Crippen LogP contribution in [0.25, 0.3) is 11.2 Å². The zero-order valence-electron chi connectivity index (χ0n) is 10.3. The van der Waals surface area contributed by atoms with E-state index in [1.165, 1.54) is 27.4 Å². The van der Waals surface area contributed by atoms with Crippen LogP contribution in [0.2, 0.25) is 0 Å².